The first-order valence-electron chi connectivity index (χ1n) is 11.3. The number of hydrogen-bond acceptors (Lipinski definition) is 5. The third-order valence-corrected chi connectivity index (χ3v) is 6.18. The van der Waals surface area contributed by atoms with Crippen LogP contribution in [0.5, 0.6) is 5.75 Å². The maximum atomic E-state index is 12.8. The normalized spacial score (nSPS) is 15.5. The highest BCUT2D eigenvalue weighted by molar-refractivity contribution is 5.89. The molecule has 10 heteroatoms. The summed E-state index contributed by atoms with van der Waals surface area (Å²) < 4.78 is 47.9. The molecular formula is C25H22F3N3O4. The largest absolute Gasteiger partial charge is 0.573 e. The maximum absolute atomic E-state index is 12.8. The Bertz CT molecular complexity index is 1410. The molecule has 0 spiro atoms. The highest BCUT2D eigenvalue weighted by Crippen LogP contribution is 2.40. The number of carboxylic acid groups (broad SMARTS) is 1. The van der Waals surface area contributed by atoms with E-state index in [0.717, 1.165) is 41.4 Å². The molecule has 5 rings (SSSR count). The van der Waals surface area contributed by atoms with Crippen LogP contribution in [0.3, 0.4) is 0 Å². The van der Waals surface area contributed by atoms with Gasteiger partial charge in [0.15, 0.2) is 0 Å². The highest BCUT2D eigenvalue weighted by Gasteiger charge is 2.32. The molecule has 1 aliphatic rings. The second kappa shape index (κ2) is 8.75. The number of fused-ring (bicyclic) bond motifs is 3. The fourth-order valence-corrected chi connectivity index (χ4v) is 4.77. The van der Waals surface area contributed by atoms with Gasteiger partial charge in [0.25, 0.3) is 5.89 Å². The van der Waals surface area contributed by atoms with E-state index in [1.54, 1.807) is 6.07 Å². The van der Waals surface area contributed by atoms with E-state index in [1.165, 1.54) is 12.1 Å². The summed E-state index contributed by atoms with van der Waals surface area (Å²) in [5, 5.41) is 14.2. The van der Waals surface area contributed by atoms with Gasteiger partial charge in [-0.25, -0.2) is 0 Å². The van der Waals surface area contributed by atoms with Crippen LogP contribution in [0.2, 0.25) is 0 Å². The average Bonchev–Trinajstić information content (AvgIpc) is 3.48. The molecule has 35 heavy (non-hydrogen) atoms. The van der Waals surface area contributed by atoms with Crippen LogP contribution in [0, 0.1) is 0 Å². The summed E-state index contributed by atoms with van der Waals surface area (Å²) >= 11 is 0. The van der Waals surface area contributed by atoms with Gasteiger partial charge in [-0.15, -0.1) is 13.2 Å². The van der Waals surface area contributed by atoms with E-state index in [0.29, 0.717) is 28.9 Å². The lowest BCUT2D eigenvalue weighted by Crippen LogP contribution is -2.17. The number of carboxylic acids is 1. The molecule has 182 valence electrons. The number of carbonyl (C=O) groups is 1. The molecule has 2 aromatic heterocycles. The monoisotopic (exact) mass is 485 g/mol. The van der Waals surface area contributed by atoms with E-state index in [9.17, 15) is 23.1 Å². The van der Waals surface area contributed by atoms with Gasteiger partial charge >= 0.3 is 12.3 Å². The molecule has 2 N–H and O–H groups in total. The minimum absolute atomic E-state index is 0.0429. The predicted octanol–water partition coefficient (Wildman–Crippen LogP) is 6.24. The maximum Gasteiger partial charge on any atom is 0.573 e. The van der Waals surface area contributed by atoms with Crippen molar-refractivity contribution in [1.29, 1.82) is 0 Å². The third-order valence-electron chi connectivity index (χ3n) is 6.18. The zero-order chi connectivity index (χ0) is 24.7. The zero-order valence-electron chi connectivity index (χ0n) is 18.8. The minimum atomic E-state index is -4.81. The van der Waals surface area contributed by atoms with Gasteiger partial charge in [0, 0.05) is 33.6 Å². The van der Waals surface area contributed by atoms with E-state index < -0.39 is 12.3 Å². The zero-order valence-corrected chi connectivity index (χ0v) is 18.8. The first-order valence-corrected chi connectivity index (χ1v) is 11.3. The number of aliphatic carboxylic acids is 1. The van der Waals surface area contributed by atoms with Crippen LogP contribution >= 0.6 is 0 Å². The number of aryl methyl sites for hydroxylation is 2. The number of aromatic amines is 1. The molecule has 0 bridgehead atoms. The average molecular weight is 485 g/mol. The fraction of sp³-hybridized carbons (Fsp3) is 0.320. The van der Waals surface area contributed by atoms with Crippen LogP contribution in [-0.2, 0) is 17.6 Å². The number of hydrogen-bond donors (Lipinski definition) is 2. The number of rotatable bonds is 7. The fourth-order valence-electron chi connectivity index (χ4n) is 4.77. The molecule has 2 heterocycles. The van der Waals surface area contributed by atoms with Gasteiger partial charge in [-0.05, 0) is 66.8 Å². The first kappa shape index (κ1) is 22.9. The van der Waals surface area contributed by atoms with Crippen molar-refractivity contribution >= 4 is 16.9 Å². The van der Waals surface area contributed by atoms with Crippen molar-refractivity contribution in [3.05, 3.63) is 53.2 Å². The summed E-state index contributed by atoms with van der Waals surface area (Å²) in [7, 11) is 0. The minimum Gasteiger partial charge on any atom is -0.481 e. The second-order valence-corrected chi connectivity index (χ2v) is 8.70. The van der Waals surface area contributed by atoms with Crippen molar-refractivity contribution in [2.45, 2.75) is 51.3 Å². The van der Waals surface area contributed by atoms with Crippen LogP contribution in [0.1, 0.15) is 48.9 Å². The molecule has 0 saturated heterocycles. The summed E-state index contributed by atoms with van der Waals surface area (Å²) in [6.07, 6.45) is -1.85. The summed E-state index contributed by atoms with van der Waals surface area (Å²) in [6.45, 7) is 1.93. The van der Waals surface area contributed by atoms with Crippen LogP contribution in [0.25, 0.3) is 33.7 Å². The second-order valence-electron chi connectivity index (χ2n) is 8.70. The van der Waals surface area contributed by atoms with Crippen LogP contribution in [-0.4, -0.2) is 32.6 Å². The van der Waals surface area contributed by atoms with E-state index in [-0.39, 0.29) is 24.0 Å². The molecule has 1 unspecified atom stereocenters. The van der Waals surface area contributed by atoms with E-state index in [2.05, 4.69) is 19.9 Å². The standard InChI is InChI=1S/C25H22F3N3O4/c1-2-3-13-8-16(10-17(9-13)34-25(26,27)28)24-30-23(31-35-24)15-5-7-20-19(11-15)18-6-4-14(12-21(32)33)22(18)29-20/h5,7-11,14,29H,2-4,6,12H2,1H3,(H,32,33). The Morgan fingerprint density at radius 3 is 2.80 bits per heavy atom. The number of halogens is 3. The summed E-state index contributed by atoms with van der Waals surface area (Å²) in [5.74, 6) is -0.813. The summed E-state index contributed by atoms with van der Waals surface area (Å²) in [4.78, 5) is 19.0. The molecule has 0 amide bonds. The smallest absolute Gasteiger partial charge is 0.481 e. The van der Waals surface area contributed by atoms with Crippen LogP contribution < -0.4 is 4.74 Å². The SMILES string of the molecule is CCCc1cc(OC(F)(F)F)cc(-c2nc(-c3ccc4[nH]c5c(c4c3)CCC5CC(=O)O)no2)c1. The molecule has 0 aliphatic heterocycles. The molecule has 4 aromatic rings. The molecule has 0 saturated carbocycles. The van der Waals surface area contributed by atoms with Crippen molar-refractivity contribution in [3.63, 3.8) is 0 Å². The lowest BCUT2D eigenvalue weighted by atomic mass is 10.0. The van der Waals surface area contributed by atoms with Gasteiger partial charge in [0.05, 0.1) is 6.42 Å². The van der Waals surface area contributed by atoms with Gasteiger partial charge in [-0.2, -0.15) is 4.98 Å². The van der Waals surface area contributed by atoms with E-state index >= 15 is 0 Å². The number of aromatic nitrogens is 3. The molecule has 2 aromatic carbocycles. The lowest BCUT2D eigenvalue weighted by Gasteiger charge is -2.11. The highest BCUT2D eigenvalue weighted by atomic mass is 19.4. The van der Waals surface area contributed by atoms with Gasteiger partial charge in [-0.3, -0.25) is 4.79 Å². The molecule has 0 fully saturated rings. The number of H-pyrrole nitrogens is 1. The summed E-state index contributed by atoms with van der Waals surface area (Å²) in [6, 6.07) is 9.93. The van der Waals surface area contributed by atoms with Crippen molar-refractivity contribution < 1.29 is 32.3 Å². The molecule has 1 aliphatic carbocycles. The number of alkyl halides is 3. The van der Waals surface area contributed by atoms with Crippen molar-refractivity contribution in [1.82, 2.24) is 15.1 Å². The van der Waals surface area contributed by atoms with Crippen molar-refractivity contribution in [2.24, 2.45) is 0 Å². The van der Waals surface area contributed by atoms with E-state index in [1.807, 2.05) is 25.1 Å². The molecule has 7 nitrogen and oxygen atoms in total. The van der Waals surface area contributed by atoms with Gasteiger partial charge < -0.3 is 19.4 Å². The first-order chi connectivity index (χ1) is 16.7. The Morgan fingerprint density at radius 1 is 1.23 bits per heavy atom. The van der Waals surface area contributed by atoms with E-state index in [4.69, 9.17) is 4.52 Å². The predicted molar refractivity (Wildman–Crippen MR) is 121 cm³/mol. The number of nitrogens with one attached hydrogen (secondary N) is 1. The number of benzene rings is 2. The van der Waals surface area contributed by atoms with Crippen LogP contribution in [0.4, 0.5) is 13.2 Å². The van der Waals surface area contributed by atoms with Gasteiger partial charge in [0.1, 0.15) is 5.75 Å². The Hall–Kier alpha value is -3.82. The molecular weight excluding hydrogens is 463 g/mol. The molecule has 1 atom stereocenters. The van der Waals surface area contributed by atoms with Crippen LogP contribution in [0.15, 0.2) is 40.9 Å². The Labute approximate surface area is 197 Å². The third kappa shape index (κ3) is 4.73. The number of ether oxygens (including phenoxy) is 1. The number of nitrogens with zero attached hydrogens (tertiary/aromatic N) is 2. The van der Waals surface area contributed by atoms with Gasteiger partial charge in [0.2, 0.25) is 5.82 Å². The summed E-state index contributed by atoms with van der Waals surface area (Å²) in [5.41, 5.74) is 4.65. The van der Waals surface area contributed by atoms with Crippen molar-refractivity contribution in [3.8, 4) is 28.6 Å². The van der Waals surface area contributed by atoms with Crippen molar-refractivity contribution in [2.75, 3.05) is 0 Å². The lowest BCUT2D eigenvalue weighted by molar-refractivity contribution is -0.274. The topological polar surface area (TPSA) is 101 Å². The Morgan fingerprint density at radius 2 is 2.06 bits per heavy atom. The van der Waals surface area contributed by atoms with Gasteiger partial charge in [-0.1, -0.05) is 18.5 Å². The molecule has 0 radical (unpaired) electrons. The quantitative estimate of drug-likeness (QED) is 0.321. The Kier molecular flexibility index (Phi) is 5.74. The Balaban J connectivity index is 1.48.